The van der Waals surface area contributed by atoms with Crippen LogP contribution >= 0.6 is 0 Å². The smallest absolute Gasteiger partial charge is 0.167 e. The van der Waals surface area contributed by atoms with E-state index in [0.29, 0.717) is 11.1 Å². The lowest BCUT2D eigenvalue weighted by Gasteiger charge is -2.08. The molecule has 0 aliphatic heterocycles. The summed E-state index contributed by atoms with van der Waals surface area (Å²) in [4.78, 5) is 12.2. The van der Waals surface area contributed by atoms with E-state index in [9.17, 15) is 17.6 Å². The molecule has 0 aromatic heterocycles. The third-order valence-corrected chi connectivity index (χ3v) is 5.81. The number of benzene rings is 2. The molecule has 2 aromatic carbocycles. The molecular formula is C18H19FO3S. The molecule has 0 radical (unpaired) electrons. The second kappa shape index (κ2) is 7.04. The average Bonchev–Trinajstić information content (AvgIpc) is 2.49. The summed E-state index contributed by atoms with van der Waals surface area (Å²) in [7, 11) is -3.16. The number of carbonyl (C=O) groups is 1. The van der Waals surface area contributed by atoms with Gasteiger partial charge in [0.1, 0.15) is 5.82 Å². The number of hydrogen-bond donors (Lipinski definition) is 0. The number of rotatable bonds is 6. The molecule has 5 heteroatoms. The van der Waals surface area contributed by atoms with Crippen LogP contribution in [-0.2, 0) is 22.0 Å². The Bertz CT molecular complexity index is 776. The molecule has 0 heterocycles. The summed E-state index contributed by atoms with van der Waals surface area (Å²) in [6.45, 7) is 3.30. The van der Waals surface area contributed by atoms with Crippen molar-refractivity contribution < 1.29 is 17.6 Å². The van der Waals surface area contributed by atoms with E-state index in [1.54, 1.807) is 50.2 Å². The molecule has 2 rings (SSSR count). The molecule has 0 amide bonds. The summed E-state index contributed by atoms with van der Waals surface area (Å²) in [6, 6.07) is 12.4. The zero-order valence-electron chi connectivity index (χ0n) is 13.1. The van der Waals surface area contributed by atoms with Gasteiger partial charge in [0.2, 0.25) is 0 Å². The molecule has 0 spiro atoms. The predicted octanol–water partition coefficient (Wildman–Crippen LogP) is 3.57. The van der Waals surface area contributed by atoms with Crippen molar-refractivity contribution in [3.05, 3.63) is 71.0 Å². The van der Waals surface area contributed by atoms with E-state index in [1.807, 2.05) is 0 Å². The first-order valence-corrected chi connectivity index (χ1v) is 9.07. The highest BCUT2D eigenvalue weighted by Gasteiger charge is 2.17. The highest BCUT2D eigenvalue weighted by atomic mass is 32.2. The van der Waals surface area contributed by atoms with Gasteiger partial charge >= 0.3 is 0 Å². The van der Waals surface area contributed by atoms with E-state index >= 15 is 0 Å². The maximum absolute atomic E-state index is 12.8. The minimum absolute atomic E-state index is 0.0307. The zero-order chi connectivity index (χ0) is 17.0. The number of halogens is 1. The monoisotopic (exact) mass is 334 g/mol. The van der Waals surface area contributed by atoms with Crippen LogP contribution in [0.2, 0.25) is 0 Å². The third kappa shape index (κ3) is 4.73. The van der Waals surface area contributed by atoms with Crippen molar-refractivity contribution in [2.24, 2.45) is 0 Å². The van der Waals surface area contributed by atoms with Crippen LogP contribution in [0.5, 0.6) is 0 Å². The van der Waals surface area contributed by atoms with Crippen LogP contribution in [0.3, 0.4) is 0 Å². The maximum atomic E-state index is 12.8. The Morgan fingerprint density at radius 1 is 0.957 bits per heavy atom. The fraction of sp³-hybridized carbons (Fsp3) is 0.278. The van der Waals surface area contributed by atoms with Crippen LogP contribution in [0.4, 0.5) is 4.39 Å². The Morgan fingerprint density at radius 3 is 2.00 bits per heavy atom. The summed E-state index contributed by atoms with van der Waals surface area (Å²) in [6.07, 6.45) is 0.184. The fourth-order valence-corrected chi connectivity index (χ4v) is 3.07. The van der Waals surface area contributed by atoms with Crippen LogP contribution in [-0.4, -0.2) is 19.5 Å². The SMILES string of the molecule is CC(C)S(=O)(=O)Cc1ccc(C(=O)Cc2ccc(F)cc2)cc1. The zero-order valence-corrected chi connectivity index (χ0v) is 13.9. The second-order valence-electron chi connectivity index (χ2n) is 5.78. The van der Waals surface area contributed by atoms with Crippen LogP contribution in [0.25, 0.3) is 0 Å². The summed E-state index contributed by atoms with van der Waals surface area (Å²) in [5.41, 5.74) is 1.92. The third-order valence-electron chi connectivity index (χ3n) is 3.64. The van der Waals surface area contributed by atoms with Gasteiger partial charge < -0.3 is 0 Å². The number of sulfone groups is 1. The van der Waals surface area contributed by atoms with Gasteiger partial charge in [0.05, 0.1) is 11.0 Å². The summed E-state index contributed by atoms with van der Waals surface area (Å²) < 4.78 is 36.6. The van der Waals surface area contributed by atoms with E-state index in [4.69, 9.17) is 0 Å². The largest absolute Gasteiger partial charge is 0.294 e. The molecule has 2 aromatic rings. The number of hydrogen-bond acceptors (Lipinski definition) is 3. The molecule has 0 N–H and O–H groups in total. The van der Waals surface area contributed by atoms with Gasteiger partial charge in [-0.3, -0.25) is 4.79 Å². The lowest BCUT2D eigenvalue weighted by atomic mass is 10.0. The number of ketones is 1. The summed E-state index contributed by atoms with van der Waals surface area (Å²) in [5.74, 6) is -0.455. The predicted molar refractivity (Wildman–Crippen MR) is 88.6 cm³/mol. The van der Waals surface area contributed by atoms with Crippen molar-refractivity contribution in [2.75, 3.05) is 0 Å². The van der Waals surface area contributed by atoms with Gasteiger partial charge in [-0.15, -0.1) is 0 Å². The van der Waals surface area contributed by atoms with Gasteiger partial charge in [-0.05, 0) is 37.1 Å². The van der Waals surface area contributed by atoms with Crippen LogP contribution in [0, 0.1) is 5.82 Å². The topological polar surface area (TPSA) is 51.2 Å². The van der Waals surface area contributed by atoms with Crippen molar-refractivity contribution in [2.45, 2.75) is 31.3 Å². The minimum atomic E-state index is -3.16. The highest BCUT2D eigenvalue weighted by Crippen LogP contribution is 2.14. The first-order valence-electron chi connectivity index (χ1n) is 7.36. The van der Waals surface area contributed by atoms with Crippen LogP contribution in [0.1, 0.15) is 35.3 Å². The first kappa shape index (κ1) is 17.3. The molecule has 0 atom stereocenters. The van der Waals surface area contributed by atoms with Crippen molar-refractivity contribution in [1.82, 2.24) is 0 Å². The lowest BCUT2D eigenvalue weighted by molar-refractivity contribution is 0.0993. The Morgan fingerprint density at radius 2 is 1.48 bits per heavy atom. The van der Waals surface area contributed by atoms with Gasteiger partial charge in [-0.1, -0.05) is 36.4 Å². The van der Waals surface area contributed by atoms with Crippen molar-refractivity contribution >= 4 is 15.6 Å². The van der Waals surface area contributed by atoms with Crippen LogP contribution < -0.4 is 0 Å². The molecule has 0 saturated carbocycles. The number of carbonyl (C=O) groups excluding carboxylic acids is 1. The van der Waals surface area contributed by atoms with Crippen molar-refractivity contribution in [3.63, 3.8) is 0 Å². The Labute approximate surface area is 136 Å². The van der Waals surface area contributed by atoms with Gasteiger partial charge in [0, 0.05) is 12.0 Å². The Hall–Kier alpha value is -2.01. The van der Waals surface area contributed by atoms with E-state index < -0.39 is 15.1 Å². The quantitative estimate of drug-likeness (QED) is 0.759. The van der Waals surface area contributed by atoms with Gasteiger partial charge in [-0.2, -0.15) is 0 Å². The van der Waals surface area contributed by atoms with E-state index in [2.05, 4.69) is 0 Å². The van der Waals surface area contributed by atoms with Crippen molar-refractivity contribution in [1.29, 1.82) is 0 Å². The average molecular weight is 334 g/mol. The van der Waals surface area contributed by atoms with E-state index in [1.165, 1.54) is 12.1 Å². The highest BCUT2D eigenvalue weighted by molar-refractivity contribution is 7.91. The van der Waals surface area contributed by atoms with Crippen LogP contribution in [0.15, 0.2) is 48.5 Å². The summed E-state index contributed by atoms with van der Waals surface area (Å²) >= 11 is 0. The van der Waals surface area contributed by atoms with E-state index in [-0.39, 0.29) is 23.8 Å². The Kier molecular flexibility index (Phi) is 5.31. The maximum Gasteiger partial charge on any atom is 0.167 e. The Balaban J connectivity index is 2.07. The molecule has 0 aliphatic carbocycles. The lowest BCUT2D eigenvalue weighted by Crippen LogP contribution is -2.16. The molecular weight excluding hydrogens is 315 g/mol. The molecule has 0 aliphatic rings. The van der Waals surface area contributed by atoms with E-state index in [0.717, 1.165) is 5.56 Å². The standard InChI is InChI=1S/C18H19FO3S/c1-13(2)23(21,22)12-15-3-7-16(8-4-15)18(20)11-14-5-9-17(19)10-6-14/h3-10,13H,11-12H2,1-2H3. The molecule has 0 saturated heterocycles. The van der Waals surface area contributed by atoms with Gasteiger partial charge in [0.25, 0.3) is 0 Å². The second-order valence-corrected chi connectivity index (χ2v) is 8.34. The normalized spacial score (nSPS) is 11.7. The molecule has 122 valence electrons. The minimum Gasteiger partial charge on any atom is -0.294 e. The van der Waals surface area contributed by atoms with Crippen molar-refractivity contribution in [3.8, 4) is 0 Å². The molecule has 0 fully saturated rings. The van der Waals surface area contributed by atoms with Gasteiger partial charge in [0.15, 0.2) is 15.6 Å². The first-order chi connectivity index (χ1) is 10.8. The molecule has 3 nitrogen and oxygen atoms in total. The molecule has 23 heavy (non-hydrogen) atoms. The fourth-order valence-electron chi connectivity index (χ4n) is 2.08. The summed E-state index contributed by atoms with van der Waals surface area (Å²) in [5, 5.41) is -0.428. The molecule has 0 bridgehead atoms. The number of Topliss-reactive ketones (excluding diaryl/α,β-unsaturated/α-hetero) is 1. The molecule has 0 unspecified atom stereocenters. The van der Waals surface area contributed by atoms with Gasteiger partial charge in [-0.25, -0.2) is 12.8 Å².